The van der Waals surface area contributed by atoms with Crippen molar-refractivity contribution in [3.8, 4) is 0 Å². The van der Waals surface area contributed by atoms with Crippen LogP contribution in [0.3, 0.4) is 0 Å². The summed E-state index contributed by atoms with van der Waals surface area (Å²) in [4.78, 5) is 11.3. The van der Waals surface area contributed by atoms with Crippen LogP contribution in [0.1, 0.15) is 29.9 Å². The smallest absolute Gasteiger partial charge is 0.234 e. The number of nitrogens with two attached hydrogens (primary N) is 1. The van der Waals surface area contributed by atoms with E-state index in [2.05, 4.69) is 34.0 Å². The third-order valence-corrected chi connectivity index (χ3v) is 3.92. The number of hydrogen-bond donors (Lipinski definition) is 3. The zero-order valence-corrected chi connectivity index (χ0v) is 11.2. The van der Waals surface area contributed by atoms with Crippen molar-refractivity contribution in [1.82, 2.24) is 5.32 Å². The molecule has 2 aliphatic rings. The van der Waals surface area contributed by atoms with Gasteiger partial charge in [0.05, 0.1) is 11.7 Å². The fourth-order valence-electron chi connectivity index (χ4n) is 2.80. The first-order chi connectivity index (χ1) is 9.74. The van der Waals surface area contributed by atoms with Crippen LogP contribution in [0, 0.1) is 0 Å². The summed E-state index contributed by atoms with van der Waals surface area (Å²) >= 11 is 0. The van der Waals surface area contributed by atoms with Crippen LogP contribution in [0.4, 0.5) is 5.69 Å². The summed E-state index contributed by atoms with van der Waals surface area (Å²) in [7, 11) is 0. The SMILES string of the molecule is NC(=O)C1CC(c2ccc3c(c2)NN=CC=C3)CCN1. The molecular formula is C15H18N4O. The predicted octanol–water partition coefficient (Wildman–Crippen LogP) is 1.43. The Kier molecular flexibility index (Phi) is 3.52. The van der Waals surface area contributed by atoms with E-state index in [0.717, 1.165) is 30.6 Å². The van der Waals surface area contributed by atoms with Gasteiger partial charge in [-0.2, -0.15) is 5.10 Å². The van der Waals surface area contributed by atoms with Gasteiger partial charge in [-0.1, -0.05) is 18.2 Å². The van der Waals surface area contributed by atoms with Gasteiger partial charge in [-0.05, 0) is 48.6 Å². The number of piperidine rings is 1. The van der Waals surface area contributed by atoms with Gasteiger partial charge in [0, 0.05) is 6.21 Å². The number of primary amides is 1. The van der Waals surface area contributed by atoms with E-state index in [9.17, 15) is 4.79 Å². The van der Waals surface area contributed by atoms with E-state index in [0.29, 0.717) is 5.92 Å². The fourth-order valence-corrected chi connectivity index (χ4v) is 2.80. The number of nitrogens with zero attached hydrogens (tertiary/aromatic N) is 1. The van der Waals surface area contributed by atoms with Crippen LogP contribution in [0.2, 0.25) is 0 Å². The molecule has 5 nitrogen and oxygen atoms in total. The van der Waals surface area contributed by atoms with Crippen LogP contribution in [0.5, 0.6) is 0 Å². The summed E-state index contributed by atoms with van der Waals surface area (Å²) in [6.07, 6.45) is 7.44. The van der Waals surface area contributed by atoms with Gasteiger partial charge < -0.3 is 11.1 Å². The van der Waals surface area contributed by atoms with Crippen molar-refractivity contribution in [2.45, 2.75) is 24.8 Å². The Morgan fingerprint density at radius 2 is 2.30 bits per heavy atom. The van der Waals surface area contributed by atoms with Crippen molar-refractivity contribution in [3.63, 3.8) is 0 Å². The topological polar surface area (TPSA) is 79.5 Å². The largest absolute Gasteiger partial charge is 0.368 e. The van der Waals surface area contributed by atoms with E-state index < -0.39 is 0 Å². The van der Waals surface area contributed by atoms with Crippen molar-refractivity contribution in [2.24, 2.45) is 10.8 Å². The second-order valence-corrected chi connectivity index (χ2v) is 5.23. The van der Waals surface area contributed by atoms with Crippen molar-refractivity contribution >= 4 is 23.9 Å². The van der Waals surface area contributed by atoms with E-state index in [1.165, 1.54) is 5.56 Å². The molecule has 20 heavy (non-hydrogen) atoms. The van der Waals surface area contributed by atoms with Gasteiger partial charge in [-0.15, -0.1) is 0 Å². The number of fused-ring (bicyclic) bond motifs is 1. The quantitative estimate of drug-likeness (QED) is 0.760. The van der Waals surface area contributed by atoms with Crippen molar-refractivity contribution in [3.05, 3.63) is 35.4 Å². The Hall–Kier alpha value is -2.14. The molecule has 0 spiro atoms. The third-order valence-electron chi connectivity index (χ3n) is 3.92. The Bertz CT molecular complexity index is 579. The van der Waals surface area contributed by atoms with Crippen LogP contribution < -0.4 is 16.5 Å². The normalized spacial score (nSPS) is 24.6. The van der Waals surface area contributed by atoms with Gasteiger partial charge >= 0.3 is 0 Å². The Morgan fingerprint density at radius 1 is 1.40 bits per heavy atom. The molecule has 2 aliphatic heterocycles. The Morgan fingerprint density at radius 3 is 3.15 bits per heavy atom. The molecule has 4 N–H and O–H groups in total. The second-order valence-electron chi connectivity index (χ2n) is 5.23. The molecule has 0 aromatic heterocycles. The van der Waals surface area contributed by atoms with Gasteiger partial charge in [-0.3, -0.25) is 10.2 Å². The maximum atomic E-state index is 11.3. The lowest BCUT2D eigenvalue weighted by molar-refractivity contribution is -0.120. The average molecular weight is 270 g/mol. The Balaban J connectivity index is 1.84. The Labute approximate surface area is 117 Å². The molecule has 2 heterocycles. The van der Waals surface area contributed by atoms with Gasteiger partial charge in [0.25, 0.3) is 0 Å². The predicted molar refractivity (Wildman–Crippen MR) is 80.6 cm³/mol. The lowest BCUT2D eigenvalue weighted by atomic mass is 9.85. The van der Waals surface area contributed by atoms with Crippen LogP contribution in [-0.2, 0) is 4.79 Å². The molecule has 2 atom stereocenters. The van der Waals surface area contributed by atoms with Crippen LogP contribution in [0.25, 0.3) is 6.08 Å². The average Bonchev–Trinajstić information content (AvgIpc) is 2.71. The monoisotopic (exact) mass is 270 g/mol. The molecule has 0 bridgehead atoms. The number of nitrogens with one attached hydrogen (secondary N) is 2. The molecule has 0 radical (unpaired) electrons. The van der Waals surface area contributed by atoms with Crippen LogP contribution >= 0.6 is 0 Å². The van der Waals surface area contributed by atoms with E-state index in [-0.39, 0.29) is 11.9 Å². The van der Waals surface area contributed by atoms with E-state index >= 15 is 0 Å². The summed E-state index contributed by atoms with van der Waals surface area (Å²) < 4.78 is 0. The maximum absolute atomic E-state index is 11.3. The fraction of sp³-hybridized carbons (Fsp3) is 0.333. The van der Waals surface area contributed by atoms with E-state index in [4.69, 9.17) is 5.73 Å². The number of allylic oxidation sites excluding steroid dienone is 1. The van der Waals surface area contributed by atoms with Gasteiger partial charge in [0.1, 0.15) is 0 Å². The number of hydrazone groups is 1. The number of anilines is 1. The highest BCUT2D eigenvalue weighted by Crippen LogP contribution is 2.31. The lowest BCUT2D eigenvalue weighted by Crippen LogP contribution is -2.46. The number of hydrogen-bond acceptors (Lipinski definition) is 4. The molecule has 1 aromatic carbocycles. The molecule has 5 heteroatoms. The summed E-state index contributed by atoms with van der Waals surface area (Å²) in [5.41, 5.74) is 11.8. The molecule has 0 aliphatic carbocycles. The zero-order chi connectivity index (χ0) is 13.9. The van der Waals surface area contributed by atoms with Crippen LogP contribution in [-0.4, -0.2) is 24.7 Å². The highest BCUT2D eigenvalue weighted by Gasteiger charge is 2.26. The standard InChI is InChI=1S/C15H18N4O/c16-15(20)14-9-12(5-7-17-14)11-4-3-10-2-1-6-18-19-13(10)8-11/h1-4,6,8,12,14,17,19H,5,7,9H2,(H2,16,20). The molecule has 104 valence electrons. The number of benzene rings is 1. The molecule has 1 fully saturated rings. The number of amides is 1. The van der Waals surface area contributed by atoms with Crippen LogP contribution in [0.15, 0.2) is 29.4 Å². The van der Waals surface area contributed by atoms with Crippen molar-refractivity contribution in [1.29, 1.82) is 0 Å². The molecular weight excluding hydrogens is 252 g/mol. The first kappa shape index (κ1) is 12.9. The molecule has 1 amide bonds. The molecule has 2 unspecified atom stereocenters. The van der Waals surface area contributed by atoms with Gasteiger partial charge in [-0.25, -0.2) is 0 Å². The number of rotatable bonds is 2. The first-order valence-corrected chi connectivity index (χ1v) is 6.86. The van der Waals surface area contributed by atoms with Gasteiger partial charge in [0.2, 0.25) is 5.91 Å². The highest BCUT2D eigenvalue weighted by atomic mass is 16.1. The first-order valence-electron chi connectivity index (χ1n) is 6.86. The van der Waals surface area contributed by atoms with E-state index in [1.54, 1.807) is 6.21 Å². The minimum Gasteiger partial charge on any atom is -0.368 e. The maximum Gasteiger partial charge on any atom is 0.234 e. The summed E-state index contributed by atoms with van der Waals surface area (Å²) in [6, 6.07) is 6.11. The lowest BCUT2D eigenvalue weighted by Gasteiger charge is -2.29. The minimum atomic E-state index is -0.268. The third kappa shape index (κ3) is 2.58. The summed E-state index contributed by atoms with van der Waals surface area (Å²) in [5.74, 6) is 0.0900. The highest BCUT2D eigenvalue weighted by molar-refractivity contribution is 5.84. The molecule has 1 aromatic rings. The molecule has 1 saturated heterocycles. The molecule has 0 saturated carbocycles. The number of carbonyl (C=O) groups is 1. The summed E-state index contributed by atoms with van der Waals surface area (Å²) in [6.45, 7) is 0.820. The van der Waals surface area contributed by atoms with Crippen molar-refractivity contribution in [2.75, 3.05) is 12.0 Å². The van der Waals surface area contributed by atoms with E-state index in [1.807, 2.05) is 12.2 Å². The van der Waals surface area contributed by atoms with Crippen molar-refractivity contribution < 1.29 is 4.79 Å². The number of carbonyl (C=O) groups excluding carboxylic acids is 1. The van der Waals surface area contributed by atoms with Gasteiger partial charge in [0.15, 0.2) is 0 Å². The second kappa shape index (κ2) is 5.46. The molecule has 3 rings (SSSR count). The minimum absolute atomic E-state index is 0.224. The summed E-state index contributed by atoms with van der Waals surface area (Å²) in [5, 5.41) is 7.26. The zero-order valence-electron chi connectivity index (χ0n) is 11.2.